The van der Waals surface area contributed by atoms with Gasteiger partial charge in [-0.1, -0.05) is 0 Å². The van der Waals surface area contributed by atoms with Crippen molar-refractivity contribution in [1.82, 2.24) is 0 Å². The Kier molecular flexibility index (Phi) is 10.0. The maximum atomic E-state index is 12.8. The van der Waals surface area contributed by atoms with Gasteiger partial charge in [0.2, 0.25) is 5.82 Å². The maximum absolute atomic E-state index is 12.8. The quantitative estimate of drug-likeness (QED) is 0.342. The molecule has 1 aliphatic rings. The lowest BCUT2D eigenvalue weighted by Crippen LogP contribution is -2.22. The number of esters is 2. The highest BCUT2D eigenvalue weighted by molar-refractivity contribution is 5.91. The molecule has 3 rings (SSSR count). The molecule has 0 radical (unpaired) electrons. The van der Waals surface area contributed by atoms with Crippen LogP contribution in [0.3, 0.4) is 0 Å². The first-order valence-corrected chi connectivity index (χ1v) is 10.4. The van der Waals surface area contributed by atoms with Crippen molar-refractivity contribution in [1.29, 1.82) is 0 Å². The summed E-state index contributed by atoms with van der Waals surface area (Å²) in [6.07, 6.45) is 1.89. The molecule has 2 aromatic rings. The van der Waals surface area contributed by atoms with Gasteiger partial charge in [-0.2, -0.15) is 4.39 Å². The fourth-order valence-corrected chi connectivity index (χ4v) is 3.18. The van der Waals surface area contributed by atoms with Crippen LogP contribution in [0.4, 0.5) is 21.5 Å². The van der Waals surface area contributed by atoms with Crippen molar-refractivity contribution in [3.63, 3.8) is 0 Å². The summed E-state index contributed by atoms with van der Waals surface area (Å²) in [4.78, 5) is 42.4. The summed E-state index contributed by atoms with van der Waals surface area (Å²) in [7, 11) is 2.38. The molecule has 0 bridgehead atoms. The number of nitro benzene ring substituents is 2. The van der Waals surface area contributed by atoms with Crippen LogP contribution in [0.2, 0.25) is 0 Å². The molecule has 35 heavy (non-hydrogen) atoms. The van der Waals surface area contributed by atoms with Crippen molar-refractivity contribution in [3.8, 4) is 0 Å². The number of nitrogens with one attached hydrogen (secondary N) is 1. The molecule has 0 atom stereocenters. The monoisotopic (exact) mass is 493 g/mol. The normalized spacial score (nSPS) is 13.1. The van der Waals surface area contributed by atoms with E-state index in [-0.39, 0.29) is 16.8 Å². The van der Waals surface area contributed by atoms with Gasteiger partial charge in [0.05, 0.1) is 35.2 Å². The Hall–Kier alpha value is -4.13. The predicted octanol–water partition coefficient (Wildman–Crippen LogP) is 3.74. The number of hydrogen-bond acceptors (Lipinski definition) is 10. The van der Waals surface area contributed by atoms with Gasteiger partial charge in [-0.3, -0.25) is 20.2 Å². The van der Waals surface area contributed by atoms with E-state index in [9.17, 15) is 34.2 Å². The molecule has 1 heterocycles. The zero-order valence-corrected chi connectivity index (χ0v) is 19.0. The lowest BCUT2D eigenvalue weighted by molar-refractivity contribution is -0.387. The van der Waals surface area contributed by atoms with Crippen molar-refractivity contribution in [2.75, 3.05) is 39.3 Å². The van der Waals surface area contributed by atoms with E-state index in [1.165, 1.54) is 19.2 Å². The van der Waals surface area contributed by atoms with Crippen LogP contribution in [0.1, 0.15) is 33.6 Å². The number of hydrogen-bond donors (Lipinski definition) is 1. The predicted molar refractivity (Wildman–Crippen MR) is 121 cm³/mol. The van der Waals surface area contributed by atoms with Gasteiger partial charge in [-0.15, -0.1) is 0 Å². The number of nitrogens with zero attached hydrogens (tertiary/aromatic N) is 2. The highest BCUT2D eigenvalue weighted by Gasteiger charge is 2.20. The Morgan fingerprint density at radius 1 is 0.971 bits per heavy atom. The number of carbonyl (C=O) groups is 2. The van der Waals surface area contributed by atoms with Gasteiger partial charge in [0, 0.05) is 31.9 Å². The van der Waals surface area contributed by atoms with E-state index in [0.29, 0.717) is 18.2 Å². The zero-order chi connectivity index (χ0) is 26.0. The molecule has 0 unspecified atom stereocenters. The van der Waals surface area contributed by atoms with Crippen LogP contribution in [-0.4, -0.2) is 55.8 Å². The molecule has 1 fully saturated rings. The minimum atomic E-state index is -0.984. The largest absolute Gasteiger partial charge is 0.465 e. The summed E-state index contributed by atoms with van der Waals surface area (Å²) in [5.41, 5.74) is -0.335. The smallest absolute Gasteiger partial charge is 0.338 e. The number of carbonyl (C=O) groups excluding carboxylic acids is 2. The Morgan fingerprint density at radius 3 is 2.00 bits per heavy atom. The van der Waals surface area contributed by atoms with Crippen LogP contribution >= 0.6 is 0 Å². The second kappa shape index (κ2) is 12.9. The summed E-state index contributed by atoms with van der Waals surface area (Å²) in [6, 6.07) is 7.10. The first kappa shape index (κ1) is 27.1. The maximum Gasteiger partial charge on any atom is 0.338 e. The molecule has 1 saturated heterocycles. The Bertz CT molecular complexity index is 1090. The number of methoxy groups -OCH3 is 2. The van der Waals surface area contributed by atoms with Crippen LogP contribution < -0.4 is 5.32 Å². The van der Waals surface area contributed by atoms with Crippen LogP contribution in [0.25, 0.3) is 0 Å². The molecule has 0 aliphatic carbocycles. The number of rotatable bonds is 7. The second-order valence-corrected chi connectivity index (χ2v) is 7.33. The molecule has 13 heteroatoms. The van der Waals surface area contributed by atoms with E-state index >= 15 is 0 Å². The molecular weight excluding hydrogens is 469 g/mol. The van der Waals surface area contributed by atoms with Gasteiger partial charge in [0.25, 0.3) is 5.69 Å². The molecule has 0 saturated carbocycles. The third kappa shape index (κ3) is 7.71. The molecular formula is C22H24FN3O9. The van der Waals surface area contributed by atoms with Crippen molar-refractivity contribution >= 4 is 29.0 Å². The molecule has 0 spiro atoms. The lowest BCUT2D eigenvalue weighted by atomic mass is 10.0. The van der Waals surface area contributed by atoms with E-state index < -0.39 is 33.3 Å². The summed E-state index contributed by atoms with van der Waals surface area (Å²) in [5.74, 6) is -1.87. The minimum Gasteiger partial charge on any atom is -0.465 e. The highest BCUT2D eigenvalue weighted by atomic mass is 19.1. The van der Waals surface area contributed by atoms with E-state index in [2.05, 4.69) is 14.8 Å². The number of anilines is 1. The summed E-state index contributed by atoms with van der Waals surface area (Å²) >= 11 is 0. The van der Waals surface area contributed by atoms with E-state index in [1.807, 2.05) is 0 Å². The fraction of sp³-hybridized carbons (Fsp3) is 0.364. The molecule has 0 aromatic heterocycles. The summed E-state index contributed by atoms with van der Waals surface area (Å²) in [5, 5.41) is 24.5. The topological polar surface area (TPSA) is 160 Å². The molecule has 188 valence electrons. The summed E-state index contributed by atoms with van der Waals surface area (Å²) in [6.45, 7) is 2.12. The van der Waals surface area contributed by atoms with Gasteiger partial charge in [-0.25, -0.2) is 9.59 Å². The number of benzene rings is 2. The van der Waals surface area contributed by atoms with Crippen molar-refractivity contribution in [2.24, 2.45) is 5.92 Å². The first-order chi connectivity index (χ1) is 16.7. The molecule has 1 aliphatic heterocycles. The number of ether oxygens (including phenoxy) is 3. The van der Waals surface area contributed by atoms with Crippen LogP contribution in [-0.2, 0) is 14.2 Å². The third-order valence-electron chi connectivity index (χ3n) is 5.10. The van der Waals surface area contributed by atoms with Crippen molar-refractivity contribution < 1.29 is 38.0 Å². The minimum absolute atomic E-state index is 0.0550. The van der Waals surface area contributed by atoms with E-state index in [4.69, 9.17) is 4.74 Å². The van der Waals surface area contributed by atoms with E-state index in [0.717, 1.165) is 51.4 Å². The van der Waals surface area contributed by atoms with Crippen LogP contribution in [0, 0.1) is 32.0 Å². The number of halogens is 1. The van der Waals surface area contributed by atoms with Gasteiger partial charge in [-0.05, 0) is 43.0 Å². The highest BCUT2D eigenvalue weighted by Crippen LogP contribution is 2.27. The fourth-order valence-electron chi connectivity index (χ4n) is 3.18. The van der Waals surface area contributed by atoms with Gasteiger partial charge < -0.3 is 19.5 Å². The van der Waals surface area contributed by atoms with Gasteiger partial charge >= 0.3 is 17.6 Å². The average Bonchev–Trinajstić information content (AvgIpc) is 2.87. The standard InChI is InChI=1S/C14H18N2O5.C8H6FNO4/c1-20-14(17)11-2-3-12(13(8-11)16(18)19)15-9-10-4-6-21-7-5-10;1-14-8(11)5-2-3-6(9)7(4-5)10(12)13/h2-3,8,10,15H,4-7,9H2,1H3;2-4H,1H3. The molecule has 1 N–H and O–H groups in total. The Balaban J connectivity index is 0.000000269. The van der Waals surface area contributed by atoms with Crippen LogP contribution in [0.5, 0.6) is 0 Å². The SMILES string of the molecule is COC(=O)c1ccc(F)c([N+](=O)[O-])c1.COC(=O)c1ccc(NCC2CCOCC2)c([N+](=O)[O-])c1. The lowest BCUT2D eigenvalue weighted by Gasteiger charge is -2.22. The van der Waals surface area contributed by atoms with E-state index in [1.54, 1.807) is 6.07 Å². The first-order valence-electron chi connectivity index (χ1n) is 10.4. The molecule has 12 nitrogen and oxygen atoms in total. The molecule has 2 aromatic carbocycles. The molecule has 0 amide bonds. The third-order valence-corrected chi connectivity index (χ3v) is 5.10. The summed E-state index contributed by atoms with van der Waals surface area (Å²) < 4.78 is 27.0. The average molecular weight is 493 g/mol. The van der Waals surface area contributed by atoms with Crippen molar-refractivity contribution in [3.05, 3.63) is 73.6 Å². The zero-order valence-electron chi connectivity index (χ0n) is 19.0. The Labute approximate surface area is 199 Å². The van der Waals surface area contributed by atoms with Crippen molar-refractivity contribution in [2.45, 2.75) is 12.8 Å². The second-order valence-electron chi connectivity index (χ2n) is 7.33. The van der Waals surface area contributed by atoms with Crippen LogP contribution in [0.15, 0.2) is 36.4 Å². The number of nitro groups is 2. The Morgan fingerprint density at radius 2 is 1.49 bits per heavy atom. The van der Waals surface area contributed by atoms with Gasteiger partial charge in [0.15, 0.2) is 0 Å². The van der Waals surface area contributed by atoms with Gasteiger partial charge in [0.1, 0.15) is 5.69 Å².